The highest BCUT2D eigenvalue weighted by molar-refractivity contribution is 5.83. The van der Waals surface area contributed by atoms with E-state index in [0.29, 0.717) is 44.8 Å². The summed E-state index contributed by atoms with van der Waals surface area (Å²) < 4.78 is 5.53. The third-order valence-corrected chi connectivity index (χ3v) is 4.69. The number of rotatable bonds is 8. The molecule has 1 N–H and O–H groups in total. The molecule has 0 saturated carbocycles. The van der Waals surface area contributed by atoms with Crippen LogP contribution in [0.25, 0.3) is 0 Å². The van der Waals surface area contributed by atoms with Crippen LogP contribution in [0.4, 0.5) is 0 Å². The molecule has 6 heteroatoms. The molecule has 1 fully saturated rings. The van der Waals surface area contributed by atoms with Gasteiger partial charge in [0.05, 0.1) is 18.7 Å². The zero-order valence-electron chi connectivity index (χ0n) is 15.3. The van der Waals surface area contributed by atoms with Crippen LogP contribution in [0.2, 0.25) is 0 Å². The summed E-state index contributed by atoms with van der Waals surface area (Å²) >= 11 is 0. The normalized spacial score (nSPS) is 16.8. The molecule has 1 atom stereocenters. The molecule has 2 amide bonds. The van der Waals surface area contributed by atoms with E-state index in [-0.39, 0.29) is 17.7 Å². The standard InChI is InChI=1S/C21H25N3O3/c25-20-9-8-18(16-24(20)13-10-17-5-2-1-3-6-17)21(26)23-12-14-27-19-7-4-11-22-15-19/h1-7,11,15,18H,8-10,12-14,16H2,(H,23,26). The summed E-state index contributed by atoms with van der Waals surface area (Å²) in [4.78, 5) is 30.4. The molecule has 0 bridgehead atoms. The van der Waals surface area contributed by atoms with Gasteiger partial charge >= 0.3 is 0 Å². The van der Waals surface area contributed by atoms with Gasteiger partial charge in [0.1, 0.15) is 12.4 Å². The van der Waals surface area contributed by atoms with Crippen LogP contribution in [0, 0.1) is 5.92 Å². The van der Waals surface area contributed by atoms with Crippen LogP contribution in [0.15, 0.2) is 54.9 Å². The fourth-order valence-corrected chi connectivity index (χ4v) is 3.17. The minimum Gasteiger partial charge on any atom is -0.490 e. The second-order valence-electron chi connectivity index (χ2n) is 6.64. The van der Waals surface area contributed by atoms with Gasteiger partial charge in [0.15, 0.2) is 0 Å². The monoisotopic (exact) mass is 367 g/mol. The van der Waals surface area contributed by atoms with E-state index in [9.17, 15) is 9.59 Å². The molecule has 6 nitrogen and oxygen atoms in total. The van der Waals surface area contributed by atoms with Crippen molar-refractivity contribution in [2.24, 2.45) is 5.92 Å². The first-order valence-corrected chi connectivity index (χ1v) is 9.34. The number of ether oxygens (including phenoxy) is 1. The van der Waals surface area contributed by atoms with E-state index in [2.05, 4.69) is 22.4 Å². The van der Waals surface area contributed by atoms with E-state index in [1.807, 2.05) is 29.2 Å². The molecule has 1 saturated heterocycles. The van der Waals surface area contributed by atoms with Gasteiger partial charge in [0, 0.05) is 25.7 Å². The largest absolute Gasteiger partial charge is 0.490 e. The van der Waals surface area contributed by atoms with Gasteiger partial charge in [-0.1, -0.05) is 30.3 Å². The summed E-state index contributed by atoms with van der Waals surface area (Å²) in [6.45, 7) is 1.96. The van der Waals surface area contributed by atoms with Crippen LogP contribution in [-0.4, -0.2) is 47.9 Å². The first-order valence-electron chi connectivity index (χ1n) is 9.34. The number of carbonyl (C=O) groups is 2. The van der Waals surface area contributed by atoms with Gasteiger partial charge < -0.3 is 15.0 Å². The Balaban J connectivity index is 1.41. The Morgan fingerprint density at radius 3 is 2.85 bits per heavy atom. The summed E-state index contributed by atoms with van der Waals surface area (Å²) in [5, 5.41) is 2.91. The third-order valence-electron chi connectivity index (χ3n) is 4.69. The smallest absolute Gasteiger partial charge is 0.225 e. The van der Waals surface area contributed by atoms with Crippen LogP contribution in [-0.2, 0) is 16.0 Å². The average molecular weight is 367 g/mol. The number of pyridine rings is 1. The fourth-order valence-electron chi connectivity index (χ4n) is 3.17. The Morgan fingerprint density at radius 1 is 1.22 bits per heavy atom. The van der Waals surface area contributed by atoms with E-state index >= 15 is 0 Å². The van der Waals surface area contributed by atoms with Gasteiger partial charge in [0.25, 0.3) is 0 Å². The molecule has 0 radical (unpaired) electrons. The fraction of sp³-hybridized carbons (Fsp3) is 0.381. The Bertz CT molecular complexity index is 737. The summed E-state index contributed by atoms with van der Waals surface area (Å²) in [5.74, 6) is 0.649. The maximum atomic E-state index is 12.4. The van der Waals surface area contributed by atoms with Crippen molar-refractivity contribution in [2.75, 3.05) is 26.2 Å². The van der Waals surface area contributed by atoms with Crippen LogP contribution in [0.3, 0.4) is 0 Å². The van der Waals surface area contributed by atoms with Gasteiger partial charge in [-0.2, -0.15) is 0 Å². The van der Waals surface area contributed by atoms with E-state index < -0.39 is 0 Å². The molecule has 2 heterocycles. The van der Waals surface area contributed by atoms with Crippen LogP contribution >= 0.6 is 0 Å². The molecule has 3 rings (SSSR count). The number of amides is 2. The molecule has 1 aliphatic rings. The Labute approximate surface area is 159 Å². The van der Waals surface area contributed by atoms with E-state index in [1.54, 1.807) is 18.5 Å². The number of piperidine rings is 1. The molecule has 0 aliphatic carbocycles. The Hall–Kier alpha value is -2.89. The molecular formula is C21H25N3O3. The zero-order valence-corrected chi connectivity index (χ0v) is 15.3. The van der Waals surface area contributed by atoms with Crippen molar-refractivity contribution < 1.29 is 14.3 Å². The Kier molecular flexibility index (Phi) is 6.79. The number of benzene rings is 1. The topological polar surface area (TPSA) is 71.5 Å². The molecule has 1 aliphatic heterocycles. The number of aromatic nitrogens is 1. The van der Waals surface area contributed by atoms with Gasteiger partial charge in [0.2, 0.25) is 11.8 Å². The van der Waals surface area contributed by atoms with Gasteiger partial charge in [-0.25, -0.2) is 0 Å². The zero-order chi connectivity index (χ0) is 18.9. The maximum absolute atomic E-state index is 12.4. The molecule has 0 spiro atoms. The van der Waals surface area contributed by atoms with Crippen LogP contribution < -0.4 is 10.1 Å². The molecule has 142 valence electrons. The molecule has 1 aromatic carbocycles. The lowest BCUT2D eigenvalue weighted by Crippen LogP contribution is -2.46. The highest BCUT2D eigenvalue weighted by atomic mass is 16.5. The second-order valence-corrected chi connectivity index (χ2v) is 6.64. The number of hydrogen-bond acceptors (Lipinski definition) is 4. The molecular weight excluding hydrogens is 342 g/mol. The first-order chi connectivity index (χ1) is 13.2. The van der Waals surface area contributed by atoms with Gasteiger partial charge in [-0.15, -0.1) is 0 Å². The number of hydrogen-bond donors (Lipinski definition) is 1. The van der Waals surface area contributed by atoms with Gasteiger partial charge in [-0.05, 0) is 30.5 Å². The van der Waals surface area contributed by atoms with Crippen LogP contribution in [0.5, 0.6) is 5.75 Å². The van der Waals surface area contributed by atoms with Crippen molar-refractivity contribution in [1.29, 1.82) is 0 Å². The summed E-state index contributed by atoms with van der Waals surface area (Å²) in [7, 11) is 0. The molecule has 27 heavy (non-hydrogen) atoms. The highest BCUT2D eigenvalue weighted by Crippen LogP contribution is 2.18. The summed E-state index contributed by atoms with van der Waals surface area (Å²) in [6.07, 6.45) is 5.16. The number of carbonyl (C=O) groups excluding carboxylic acids is 2. The number of nitrogens with one attached hydrogen (secondary N) is 1. The van der Waals surface area contributed by atoms with Crippen molar-refractivity contribution in [3.05, 3.63) is 60.4 Å². The predicted octanol–water partition coefficient (Wildman–Crippen LogP) is 2.06. The summed E-state index contributed by atoms with van der Waals surface area (Å²) in [6, 6.07) is 13.7. The van der Waals surface area contributed by atoms with Crippen molar-refractivity contribution in [3.63, 3.8) is 0 Å². The Morgan fingerprint density at radius 2 is 2.07 bits per heavy atom. The average Bonchev–Trinajstić information content (AvgIpc) is 2.72. The lowest BCUT2D eigenvalue weighted by Gasteiger charge is -2.32. The SMILES string of the molecule is O=C(NCCOc1cccnc1)C1CCC(=O)N(CCc2ccccc2)C1. The number of likely N-dealkylation sites (tertiary alicyclic amines) is 1. The maximum Gasteiger partial charge on any atom is 0.225 e. The lowest BCUT2D eigenvalue weighted by atomic mass is 9.96. The lowest BCUT2D eigenvalue weighted by molar-refractivity contribution is -0.138. The first kappa shape index (κ1) is 18.9. The van der Waals surface area contributed by atoms with Gasteiger partial charge in [-0.3, -0.25) is 14.6 Å². The molecule has 1 unspecified atom stereocenters. The minimum absolute atomic E-state index is 0.0120. The third kappa shape index (κ3) is 5.81. The predicted molar refractivity (Wildman–Crippen MR) is 102 cm³/mol. The number of nitrogens with zero attached hydrogens (tertiary/aromatic N) is 2. The van der Waals surface area contributed by atoms with E-state index in [4.69, 9.17) is 4.74 Å². The van der Waals surface area contributed by atoms with Crippen LogP contribution in [0.1, 0.15) is 18.4 Å². The minimum atomic E-state index is -0.156. The van der Waals surface area contributed by atoms with Crippen molar-refractivity contribution >= 4 is 11.8 Å². The molecule has 2 aromatic rings. The highest BCUT2D eigenvalue weighted by Gasteiger charge is 2.29. The quantitative estimate of drug-likeness (QED) is 0.725. The van der Waals surface area contributed by atoms with E-state index in [0.717, 1.165) is 6.42 Å². The van der Waals surface area contributed by atoms with E-state index in [1.165, 1.54) is 5.56 Å². The van der Waals surface area contributed by atoms with Crippen molar-refractivity contribution in [3.8, 4) is 5.75 Å². The summed E-state index contributed by atoms with van der Waals surface area (Å²) in [5.41, 5.74) is 1.20. The molecule has 1 aromatic heterocycles. The van der Waals surface area contributed by atoms with Crippen molar-refractivity contribution in [2.45, 2.75) is 19.3 Å². The second kappa shape index (κ2) is 9.71. The van der Waals surface area contributed by atoms with Crippen molar-refractivity contribution in [1.82, 2.24) is 15.2 Å².